The first kappa shape index (κ1) is 18.1. The standard InChI is InChI=1S/C18H15N3O3S2/c1-12-2-8-15(9-3-12)25-11-17(22)20-18-19-16(10-26-18)13-4-6-14(7-5-13)21(23)24/h2-10H,11H2,1H3,(H,19,20,22). The quantitative estimate of drug-likeness (QED) is 0.376. The molecule has 0 radical (unpaired) electrons. The van der Waals surface area contributed by atoms with Gasteiger partial charge >= 0.3 is 0 Å². The Hall–Kier alpha value is -2.71. The van der Waals surface area contributed by atoms with E-state index in [1.807, 2.05) is 36.6 Å². The second-order valence-corrected chi connectivity index (χ2v) is 7.40. The number of nitro groups is 1. The summed E-state index contributed by atoms with van der Waals surface area (Å²) in [5, 5.41) is 15.8. The van der Waals surface area contributed by atoms with Gasteiger partial charge in [0.2, 0.25) is 5.91 Å². The summed E-state index contributed by atoms with van der Waals surface area (Å²) in [5.74, 6) is 0.176. The first-order valence-electron chi connectivity index (χ1n) is 7.71. The van der Waals surface area contributed by atoms with E-state index in [-0.39, 0.29) is 11.6 Å². The lowest BCUT2D eigenvalue weighted by Gasteiger charge is -2.02. The van der Waals surface area contributed by atoms with Gasteiger partial charge in [0.25, 0.3) is 5.69 Å². The van der Waals surface area contributed by atoms with Crippen LogP contribution in [0.1, 0.15) is 5.56 Å². The van der Waals surface area contributed by atoms with Gasteiger partial charge in [0.15, 0.2) is 5.13 Å². The number of nitro benzene ring substituents is 1. The van der Waals surface area contributed by atoms with Gasteiger partial charge in [0.05, 0.1) is 16.4 Å². The lowest BCUT2D eigenvalue weighted by Crippen LogP contribution is -2.13. The highest BCUT2D eigenvalue weighted by Crippen LogP contribution is 2.27. The molecule has 0 saturated carbocycles. The number of carbonyl (C=O) groups is 1. The minimum atomic E-state index is -0.442. The number of amides is 1. The fraction of sp³-hybridized carbons (Fsp3) is 0.111. The molecule has 3 rings (SSSR count). The van der Waals surface area contributed by atoms with Gasteiger partial charge in [-0.3, -0.25) is 14.9 Å². The summed E-state index contributed by atoms with van der Waals surface area (Å²) in [4.78, 5) is 27.7. The third-order valence-corrected chi connectivity index (χ3v) is 5.29. The predicted molar refractivity (Wildman–Crippen MR) is 105 cm³/mol. The molecule has 0 aliphatic rings. The Kier molecular flexibility index (Phi) is 5.65. The zero-order valence-corrected chi connectivity index (χ0v) is 15.5. The zero-order valence-electron chi connectivity index (χ0n) is 13.8. The highest BCUT2D eigenvalue weighted by molar-refractivity contribution is 8.00. The van der Waals surface area contributed by atoms with Crippen LogP contribution < -0.4 is 5.32 Å². The number of aryl methyl sites for hydroxylation is 1. The summed E-state index contributed by atoms with van der Waals surface area (Å²) in [6, 6.07) is 14.2. The number of hydrogen-bond donors (Lipinski definition) is 1. The Morgan fingerprint density at radius 1 is 1.19 bits per heavy atom. The summed E-state index contributed by atoms with van der Waals surface area (Å²) < 4.78 is 0. The normalized spacial score (nSPS) is 10.5. The highest BCUT2D eigenvalue weighted by atomic mass is 32.2. The largest absolute Gasteiger partial charge is 0.301 e. The van der Waals surface area contributed by atoms with Gasteiger partial charge < -0.3 is 5.32 Å². The van der Waals surface area contributed by atoms with Gasteiger partial charge in [-0.25, -0.2) is 4.98 Å². The Morgan fingerprint density at radius 3 is 2.54 bits per heavy atom. The summed E-state index contributed by atoms with van der Waals surface area (Å²) in [6.45, 7) is 2.02. The molecule has 6 nitrogen and oxygen atoms in total. The molecule has 0 saturated heterocycles. The van der Waals surface area contributed by atoms with Crippen molar-refractivity contribution in [1.82, 2.24) is 4.98 Å². The molecular formula is C18H15N3O3S2. The van der Waals surface area contributed by atoms with E-state index in [2.05, 4.69) is 10.3 Å². The van der Waals surface area contributed by atoms with Gasteiger partial charge in [-0.1, -0.05) is 17.7 Å². The number of hydrogen-bond acceptors (Lipinski definition) is 6. The minimum Gasteiger partial charge on any atom is -0.301 e. The van der Waals surface area contributed by atoms with Crippen LogP contribution in [0.5, 0.6) is 0 Å². The second-order valence-electron chi connectivity index (χ2n) is 5.49. The summed E-state index contributed by atoms with van der Waals surface area (Å²) in [5.41, 5.74) is 2.65. The predicted octanol–water partition coefficient (Wildman–Crippen LogP) is 4.76. The molecule has 0 bridgehead atoms. The van der Waals surface area contributed by atoms with E-state index in [0.29, 0.717) is 16.6 Å². The molecule has 0 aliphatic carbocycles. The molecule has 0 fully saturated rings. The van der Waals surface area contributed by atoms with Crippen LogP contribution >= 0.6 is 23.1 Å². The van der Waals surface area contributed by atoms with E-state index >= 15 is 0 Å². The van der Waals surface area contributed by atoms with Crippen LogP contribution in [0.4, 0.5) is 10.8 Å². The fourth-order valence-electron chi connectivity index (χ4n) is 2.16. The maximum Gasteiger partial charge on any atom is 0.269 e. The summed E-state index contributed by atoms with van der Waals surface area (Å²) in [7, 11) is 0. The zero-order chi connectivity index (χ0) is 18.5. The van der Waals surface area contributed by atoms with Crippen molar-refractivity contribution < 1.29 is 9.72 Å². The summed E-state index contributed by atoms with van der Waals surface area (Å²) in [6.07, 6.45) is 0. The lowest BCUT2D eigenvalue weighted by molar-refractivity contribution is -0.384. The van der Waals surface area contributed by atoms with Crippen LogP contribution in [0, 0.1) is 17.0 Å². The number of carbonyl (C=O) groups excluding carboxylic acids is 1. The number of non-ortho nitro benzene ring substituents is 1. The molecule has 0 aliphatic heterocycles. The number of nitrogens with zero attached hydrogens (tertiary/aromatic N) is 2. The van der Waals surface area contributed by atoms with E-state index in [1.54, 1.807) is 12.1 Å². The third kappa shape index (κ3) is 4.68. The molecule has 0 spiro atoms. The minimum absolute atomic E-state index is 0.0330. The Labute approximate surface area is 158 Å². The number of nitrogens with one attached hydrogen (secondary N) is 1. The van der Waals surface area contributed by atoms with Gasteiger partial charge in [0, 0.05) is 28.0 Å². The van der Waals surface area contributed by atoms with Crippen LogP contribution in [0.25, 0.3) is 11.3 Å². The monoisotopic (exact) mass is 385 g/mol. The van der Waals surface area contributed by atoms with Crippen LogP contribution in [0.15, 0.2) is 58.8 Å². The molecule has 8 heteroatoms. The molecule has 1 amide bonds. The molecule has 1 N–H and O–H groups in total. The number of thiazole rings is 1. The Bertz CT molecular complexity index is 922. The molecule has 1 aromatic heterocycles. The Morgan fingerprint density at radius 2 is 1.88 bits per heavy atom. The van der Waals surface area contributed by atoms with E-state index in [9.17, 15) is 14.9 Å². The topological polar surface area (TPSA) is 85.1 Å². The molecule has 1 heterocycles. The fourth-order valence-corrected chi connectivity index (χ4v) is 3.59. The average Bonchev–Trinajstić information content (AvgIpc) is 3.10. The number of thioether (sulfide) groups is 1. The molecule has 3 aromatic rings. The number of benzene rings is 2. The summed E-state index contributed by atoms with van der Waals surface area (Å²) >= 11 is 2.79. The average molecular weight is 385 g/mol. The molecule has 0 atom stereocenters. The van der Waals surface area contributed by atoms with Gasteiger partial charge in [-0.15, -0.1) is 23.1 Å². The van der Waals surface area contributed by atoms with Crippen molar-refractivity contribution in [1.29, 1.82) is 0 Å². The lowest BCUT2D eigenvalue weighted by atomic mass is 10.1. The van der Waals surface area contributed by atoms with Crippen molar-refractivity contribution in [2.75, 3.05) is 11.1 Å². The smallest absolute Gasteiger partial charge is 0.269 e. The maximum atomic E-state index is 12.1. The maximum absolute atomic E-state index is 12.1. The van der Waals surface area contributed by atoms with Crippen molar-refractivity contribution in [2.24, 2.45) is 0 Å². The van der Waals surface area contributed by atoms with Gasteiger partial charge in [-0.05, 0) is 31.2 Å². The molecule has 26 heavy (non-hydrogen) atoms. The van der Waals surface area contributed by atoms with Crippen molar-refractivity contribution in [3.05, 3.63) is 69.6 Å². The van der Waals surface area contributed by atoms with Crippen molar-refractivity contribution in [3.63, 3.8) is 0 Å². The van der Waals surface area contributed by atoms with E-state index in [4.69, 9.17) is 0 Å². The first-order valence-corrected chi connectivity index (χ1v) is 9.57. The van der Waals surface area contributed by atoms with E-state index < -0.39 is 4.92 Å². The highest BCUT2D eigenvalue weighted by Gasteiger charge is 2.10. The molecule has 132 valence electrons. The second kappa shape index (κ2) is 8.11. The van der Waals surface area contributed by atoms with Crippen molar-refractivity contribution >= 4 is 39.8 Å². The molecular weight excluding hydrogens is 370 g/mol. The third-order valence-electron chi connectivity index (χ3n) is 3.52. The van der Waals surface area contributed by atoms with Gasteiger partial charge in [-0.2, -0.15) is 0 Å². The van der Waals surface area contributed by atoms with Gasteiger partial charge in [0.1, 0.15) is 0 Å². The molecule has 2 aromatic carbocycles. The van der Waals surface area contributed by atoms with Crippen molar-refractivity contribution in [3.8, 4) is 11.3 Å². The van der Waals surface area contributed by atoms with Crippen LogP contribution in [-0.4, -0.2) is 21.6 Å². The molecule has 0 unspecified atom stereocenters. The number of aromatic nitrogens is 1. The van der Waals surface area contributed by atoms with Crippen LogP contribution in [-0.2, 0) is 4.79 Å². The van der Waals surface area contributed by atoms with Crippen LogP contribution in [0.3, 0.4) is 0 Å². The number of anilines is 1. The Balaban J connectivity index is 1.58. The van der Waals surface area contributed by atoms with Crippen LogP contribution in [0.2, 0.25) is 0 Å². The first-order chi connectivity index (χ1) is 12.5. The van der Waals surface area contributed by atoms with E-state index in [1.165, 1.54) is 40.8 Å². The number of rotatable bonds is 6. The SMILES string of the molecule is Cc1ccc(SCC(=O)Nc2nc(-c3ccc([N+](=O)[O-])cc3)cs2)cc1. The van der Waals surface area contributed by atoms with E-state index in [0.717, 1.165) is 10.5 Å². The van der Waals surface area contributed by atoms with Crippen molar-refractivity contribution in [2.45, 2.75) is 11.8 Å².